The van der Waals surface area contributed by atoms with Gasteiger partial charge in [-0.05, 0) is 0 Å². The van der Waals surface area contributed by atoms with Gasteiger partial charge in [0.2, 0.25) is 5.91 Å². The topological polar surface area (TPSA) is 133 Å². The van der Waals surface area contributed by atoms with Crippen LogP contribution in [0.3, 0.4) is 0 Å². The average Bonchev–Trinajstić information content (AvgIpc) is 2.07. The van der Waals surface area contributed by atoms with Crippen molar-refractivity contribution >= 4 is 5.91 Å². The smallest absolute Gasteiger partial charge is 0.249 e. The van der Waals surface area contributed by atoms with Crippen molar-refractivity contribution in [3.63, 3.8) is 0 Å². The Hall–Kier alpha value is -0.730. The number of amides is 1. The van der Waals surface area contributed by atoms with Gasteiger partial charge in [0.15, 0.2) is 12.4 Å². The number of carbonyl (C=O) groups is 1. The molecule has 0 bridgehead atoms. The van der Waals surface area contributed by atoms with E-state index >= 15 is 0 Å². The van der Waals surface area contributed by atoms with Crippen LogP contribution in [0.2, 0.25) is 0 Å². The molecule has 1 amide bonds. The van der Waals surface area contributed by atoms with Crippen molar-refractivity contribution in [2.45, 2.75) is 30.7 Å². The molecule has 0 unspecified atom stereocenters. The van der Waals surface area contributed by atoms with Crippen molar-refractivity contribution in [1.82, 2.24) is 0 Å². The van der Waals surface area contributed by atoms with Gasteiger partial charge in [-0.2, -0.15) is 0 Å². The third-order valence-corrected chi connectivity index (χ3v) is 1.87. The summed E-state index contributed by atoms with van der Waals surface area (Å²) in [7, 11) is 0. The summed E-state index contributed by atoms with van der Waals surface area (Å²) in [6.07, 6.45) is -8.16. The van der Waals surface area contributed by atoms with Gasteiger partial charge in [-0.3, -0.25) is 4.79 Å². The number of carbonyl (C=O) groups excluding carboxylic acids is 1. The van der Waals surface area contributed by atoms with Crippen molar-refractivity contribution in [3.05, 3.63) is 0 Å². The van der Waals surface area contributed by atoms with Gasteiger partial charge in [0.1, 0.15) is 18.3 Å². The molecule has 0 aromatic heterocycles. The summed E-state index contributed by atoms with van der Waals surface area (Å²) in [5, 5.41) is 36.2. The highest BCUT2D eigenvalue weighted by Crippen LogP contribution is 2.19. The lowest BCUT2D eigenvalue weighted by Crippen LogP contribution is -2.60. The maximum absolute atomic E-state index is 10.6. The molecule has 5 atom stereocenters. The van der Waals surface area contributed by atoms with Crippen LogP contribution in [0, 0.1) is 0 Å². The third kappa shape index (κ3) is 1.79. The van der Waals surface area contributed by atoms with Crippen LogP contribution in [-0.4, -0.2) is 57.0 Å². The second-order valence-corrected chi connectivity index (χ2v) is 2.82. The summed E-state index contributed by atoms with van der Waals surface area (Å²) >= 11 is 0. The average molecular weight is 193 g/mol. The fourth-order valence-electron chi connectivity index (χ4n) is 1.10. The molecule has 0 spiro atoms. The van der Waals surface area contributed by atoms with E-state index in [9.17, 15) is 4.79 Å². The highest BCUT2D eigenvalue weighted by atomic mass is 16.6. The van der Waals surface area contributed by atoms with Gasteiger partial charge in [0, 0.05) is 0 Å². The highest BCUT2D eigenvalue weighted by molar-refractivity contribution is 5.79. The largest absolute Gasteiger partial charge is 0.387 e. The first-order valence-electron chi connectivity index (χ1n) is 3.62. The van der Waals surface area contributed by atoms with Crippen molar-refractivity contribution in [1.29, 1.82) is 0 Å². The number of hydrogen-bond acceptors (Lipinski definition) is 6. The Balaban J connectivity index is 2.76. The Morgan fingerprint density at radius 1 is 1.08 bits per heavy atom. The van der Waals surface area contributed by atoms with Crippen LogP contribution in [0.1, 0.15) is 0 Å². The van der Waals surface area contributed by atoms with Gasteiger partial charge >= 0.3 is 0 Å². The first-order valence-corrected chi connectivity index (χ1v) is 3.62. The quantitative estimate of drug-likeness (QED) is 0.291. The minimum atomic E-state index is -1.73. The summed E-state index contributed by atoms with van der Waals surface area (Å²) in [6, 6.07) is 0. The fraction of sp³-hybridized carbons (Fsp3) is 0.833. The van der Waals surface area contributed by atoms with Gasteiger partial charge in [0.05, 0.1) is 0 Å². The molecule has 76 valence electrons. The van der Waals surface area contributed by atoms with Gasteiger partial charge < -0.3 is 30.9 Å². The Labute approximate surface area is 73.4 Å². The van der Waals surface area contributed by atoms with Crippen molar-refractivity contribution in [2.24, 2.45) is 5.73 Å². The van der Waals surface area contributed by atoms with Gasteiger partial charge in [-0.1, -0.05) is 0 Å². The molecule has 7 heteroatoms. The normalized spacial score (nSPS) is 46.0. The highest BCUT2D eigenvalue weighted by Gasteiger charge is 2.45. The van der Waals surface area contributed by atoms with Crippen LogP contribution in [0.4, 0.5) is 0 Å². The molecule has 13 heavy (non-hydrogen) atoms. The molecule has 1 rings (SSSR count). The molecule has 0 aromatic carbocycles. The van der Waals surface area contributed by atoms with E-state index in [0.717, 1.165) is 0 Å². The molecule has 1 fully saturated rings. The molecule has 0 aliphatic carbocycles. The molecule has 0 saturated carbocycles. The van der Waals surface area contributed by atoms with Crippen LogP contribution < -0.4 is 5.73 Å². The summed E-state index contributed by atoms with van der Waals surface area (Å²) in [4.78, 5) is 10.6. The van der Waals surface area contributed by atoms with E-state index in [1.165, 1.54) is 0 Å². The van der Waals surface area contributed by atoms with Crippen LogP contribution in [-0.2, 0) is 9.53 Å². The van der Waals surface area contributed by atoms with E-state index in [-0.39, 0.29) is 0 Å². The minimum absolute atomic E-state index is 1.02. The zero-order valence-electron chi connectivity index (χ0n) is 6.57. The molecule has 1 saturated heterocycles. The molecule has 0 aromatic rings. The number of ether oxygens (including phenoxy) is 1. The van der Waals surface area contributed by atoms with Gasteiger partial charge in [-0.25, -0.2) is 0 Å². The molecule has 1 heterocycles. The minimum Gasteiger partial charge on any atom is -0.387 e. The maximum atomic E-state index is 10.6. The Morgan fingerprint density at radius 2 is 1.62 bits per heavy atom. The molecule has 0 radical (unpaired) electrons. The zero-order valence-corrected chi connectivity index (χ0v) is 6.57. The molecular formula is C6H11NO6. The van der Waals surface area contributed by atoms with Crippen molar-refractivity contribution in [2.75, 3.05) is 0 Å². The van der Waals surface area contributed by atoms with E-state index in [2.05, 4.69) is 4.74 Å². The summed E-state index contributed by atoms with van der Waals surface area (Å²) in [5.41, 5.74) is 4.80. The van der Waals surface area contributed by atoms with Gasteiger partial charge in [-0.15, -0.1) is 0 Å². The Bertz CT molecular complexity index is 209. The van der Waals surface area contributed by atoms with Crippen LogP contribution in [0.5, 0.6) is 0 Å². The van der Waals surface area contributed by atoms with Crippen LogP contribution in [0.15, 0.2) is 0 Å². The van der Waals surface area contributed by atoms with E-state index in [1.54, 1.807) is 0 Å². The second-order valence-electron chi connectivity index (χ2n) is 2.82. The first kappa shape index (κ1) is 10.4. The molecule has 1 aliphatic heterocycles. The number of rotatable bonds is 1. The predicted octanol–water partition coefficient (Wildman–Crippen LogP) is -3.73. The number of nitrogens with two attached hydrogens (primary N) is 1. The van der Waals surface area contributed by atoms with Crippen molar-refractivity contribution < 1.29 is 30.0 Å². The monoisotopic (exact) mass is 193 g/mol. The number of aliphatic hydroxyl groups excluding tert-OH is 4. The fourth-order valence-corrected chi connectivity index (χ4v) is 1.10. The van der Waals surface area contributed by atoms with Crippen LogP contribution >= 0.6 is 0 Å². The van der Waals surface area contributed by atoms with E-state index in [1.807, 2.05) is 0 Å². The third-order valence-electron chi connectivity index (χ3n) is 1.87. The van der Waals surface area contributed by atoms with Crippen molar-refractivity contribution in [3.8, 4) is 0 Å². The summed E-state index contributed by atoms with van der Waals surface area (Å²) in [6.45, 7) is 0. The van der Waals surface area contributed by atoms with E-state index in [0.29, 0.717) is 0 Å². The number of primary amides is 1. The van der Waals surface area contributed by atoms with Crippen LogP contribution in [0.25, 0.3) is 0 Å². The number of hydrogen-bond donors (Lipinski definition) is 5. The molecular weight excluding hydrogens is 182 g/mol. The van der Waals surface area contributed by atoms with E-state index in [4.69, 9.17) is 26.2 Å². The molecule has 6 N–H and O–H groups in total. The second kappa shape index (κ2) is 3.56. The number of aliphatic hydroxyl groups is 4. The first-order chi connectivity index (χ1) is 5.95. The maximum Gasteiger partial charge on any atom is 0.249 e. The summed E-state index contributed by atoms with van der Waals surface area (Å²) < 4.78 is 4.46. The summed E-state index contributed by atoms with van der Waals surface area (Å²) in [5.74, 6) is -1.02. The zero-order chi connectivity index (χ0) is 10.2. The lowest BCUT2D eigenvalue weighted by atomic mass is 9.99. The predicted molar refractivity (Wildman–Crippen MR) is 38.1 cm³/mol. The van der Waals surface area contributed by atoms with E-state index < -0.39 is 36.6 Å². The molecule has 1 aliphatic rings. The SMILES string of the molecule is NC(=O)[C@H]1O[C@H](O)[C@H](O)[C@@H](O)[C@@H]1O. The Kier molecular flexibility index (Phi) is 2.84. The lowest BCUT2D eigenvalue weighted by molar-refractivity contribution is -0.275. The Morgan fingerprint density at radius 3 is 2.08 bits per heavy atom. The molecule has 7 nitrogen and oxygen atoms in total. The standard InChI is InChI=1S/C6H11NO6/c7-5(11)4-2(9)1(8)3(10)6(12)13-4/h1-4,6,8-10,12H,(H2,7,11)/t1-,2-,3+,4-,6-/m0/s1. The van der Waals surface area contributed by atoms with Gasteiger partial charge in [0.25, 0.3) is 0 Å². The lowest BCUT2D eigenvalue weighted by Gasteiger charge is -2.36.